The summed E-state index contributed by atoms with van der Waals surface area (Å²) in [5, 5.41) is 9.75. The Morgan fingerprint density at radius 3 is 2.70 bits per heavy atom. The molecule has 1 saturated heterocycles. The summed E-state index contributed by atoms with van der Waals surface area (Å²) in [5.41, 5.74) is 2.95. The van der Waals surface area contributed by atoms with Gasteiger partial charge in [-0.25, -0.2) is 4.98 Å². The fraction of sp³-hybridized carbons (Fsp3) is 0.423. The van der Waals surface area contributed by atoms with E-state index in [0.717, 1.165) is 42.7 Å². The number of hydrogen-bond acceptors (Lipinski definition) is 4. The van der Waals surface area contributed by atoms with Crippen LogP contribution in [0.1, 0.15) is 32.3 Å². The van der Waals surface area contributed by atoms with Gasteiger partial charge in [0.15, 0.2) is 0 Å². The number of rotatable bonds is 8. The summed E-state index contributed by atoms with van der Waals surface area (Å²) in [7, 11) is 0. The summed E-state index contributed by atoms with van der Waals surface area (Å²) < 4.78 is 33.3. The minimum absolute atomic E-state index is 0.134. The van der Waals surface area contributed by atoms with Crippen molar-refractivity contribution in [2.45, 2.75) is 39.8 Å². The molecule has 33 heavy (non-hydrogen) atoms. The molecule has 176 valence electrons. The highest BCUT2D eigenvalue weighted by atomic mass is 19.3. The average Bonchev–Trinajstić information content (AvgIpc) is 3.31. The van der Waals surface area contributed by atoms with Crippen molar-refractivity contribution < 1.29 is 18.6 Å². The number of halogens is 2. The number of likely N-dealkylation sites (tertiary alicyclic amines) is 1. The number of ether oxygens (including phenoxy) is 1. The van der Waals surface area contributed by atoms with E-state index in [2.05, 4.69) is 23.7 Å². The number of alkyl halides is 2. The molecule has 1 aliphatic heterocycles. The van der Waals surface area contributed by atoms with E-state index in [9.17, 15) is 13.9 Å². The van der Waals surface area contributed by atoms with Crippen molar-refractivity contribution in [1.29, 1.82) is 0 Å². The lowest BCUT2D eigenvalue weighted by atomic mass is 9.75. The Morgan fingerprint density at radius 2 is 1.97 bits per heavy atom. The van der Waals surface area contributed by atoms with E-state index >= 15 is 0 Å². The molecule has 5 nitrogen and oxygen atoms in total. The van der Waals surface area contributed by atoms with E-state index in [-0.39, 0.29) is 17.8 Å². The molecule has 1 aromatic heterocycles. The van der Waals surface area contributed by atoms with Crippen molar-refractivity contribution in [1.82, 2.24) is 14.5 Å². The lowest BCUT2D eigenvalue weighted by molar-refractivity contribution is -0.0509. The summed E-state index contributed by atoms with van der Waals surface area (Å²) in [5.74, 6) is 0.539. The minimum atomic E-state index is -2.90. The summed E-state index contributed by atoms with van der Waals surface area (Å²) in [6, 6.07) is 15.2. The van der Waals surface area contributed by atoms with Crippen LogP contribution in [0.2, 0.25) is 0 Å². The Labute approximate surface area is 193 Å². The zero-order valence-corrected chi connectivity index (χ0v) is 19.1. The van der Waals surface area contributed by atoms with Gasteiger partial charge in [-0.05, 0) is 48.9 Å². The average molecular weight is 456 g/mol. The van der Waals surface area contributed by atoms with Gasteiger partial charge >= 0.3 is 6.61 Å². The molecule has 0 bridgehead atoms. The van der Waals surface area contributed by atoms with Crippen LogP contribution in [-0.4, -0.2) is 45.9 Å². The van der Waals surface area contributed by atoms with Gasteiger partial charge in [-0.15, -0.1) is 0 Å². The second-order valence-corrected chi connectivity index (χ2v) is 9.42. The molecule has 1 atom stereocenters. The molecule has 0 saturated carbocycles. The van der Waals surface area contributed by atoms with Gasteiger partial charge in [0.1, 0.15) is 5.75 Å². The number of hydrogen-bond donors (Lipinski definition) is 1. The van der Waals surface area contributed by atoms with Gasteiger partial charge in [0.2, 0.25) is 0 Å². The van der Waals surface area contributed by atoms with Crippen LogP contribution in [0.25, 0.3) is 16.9 Å². The molecule has 4 rings (SSSR count). The smallest absolute Gasteiger partial charge is 0.387 e. The van der Waals surface area contributed by atoms with Gasteiger partial charge < -0.3 is 14.4 Å². The monoisotopic (exact) mass is 455 g/mol. The van der Waals surface area contributed by atoms with Crippen molar-refractivity contribution in [3.63, 3.8) is 0 Å². The summed E-state index contributed by atoms with van der Waals surface area (Å²) >= 11 is 0. The zero-order chi connectivity index (χ0) is 23.4. The molecule has 0 radical (unpaired) electrons. The van der Waals surface area contributed by atoms with Gasteiger partial charge in [-0.2, -0.15) is 8.78 Å². The normalized spacial score (nSPS) is 17.5. The van der Waals surface area contributed by atoms with Crippen LogP contribution in [0.5, 0.6) is 5.75 Å². The molecule has 0 spiro atoms. The first-order valence-corrected chi connectivity index (χ1v) is 11.4. The lowest BCUT2D eigenvalue weighted by Gasteiger charge is -2.40. The molecule has 1 fully saturated rings. The molecule has 0 aliphatic carbocycles. The van der Waals surface area contributed by atoms with E-state index in [1.54, 1.807) is 12.4 Å². The van der Waals surface area contributed by atoms with Crippen molar-refractivity contribution in [3.8, 4) is 22.7 Å². The van der Waals surface area contributed by atoms with Gasteiger partial charge in [-0.3, -0.25) is 4.90 Å². The van der Waals surface area contributed by atoms with E-state index in [4.69, 9.17) is 4.74 Å². The zero-order valence-electron chi connectivity index (χ0n) is 19.1. The second kappa shape index (κ2) is 10.0. The van der Waals surface area contributed by atoms with Gasteiger partial charge in [0, 0.05) is 42.7 Å². The standard InChI is InChI=1S/C26H31F2N3O2/c1-26(2,17-32)21-7-6-12-30(15-21)14-20-11-10-19(13-24(20)33-25(27)28)23-16-31(18-29-23)22-8-4-3-5-9-22/h3-5,8-11,13,16,18,21,25,32H,6-7,12,14-15,17H2,1-2H3/t21-/m0/s1. The van der Waals surface area contributed by atoms with E-state index in [1.165, 1.54) is 0 Å². The van der Waals surface area contributed by atoms with Crippen molar-refractivity contribution in [2.24, 2.45) is 11.3 Å². The van der Waals surface area contributed by atoms with Crippen molar-refractivity contribution in [3.05, 3.63) is 66.6 Å². The molecule has 0 amide bonds. The highest BCUT2D eigenvalue weighted by molar-refractivity contribution is 5.62. The first kappa shape index (κ1) is 23.4. The second-order valence-electron chi connectivity index (χ2n) is 9.42. The van der Waals surface area contributed by atoms with Crippen LogP contribution in [0.3, 0.4) is 0 Å². The first-order chi connectivity index (χ1) is 15.9. The SMILES string of the molecule is CC(C)(CO)[C@H]1CCCN(Cc2ccc(-c3cn(-c4ccccc4)cn3)cc2OC(F)F)C1. The Hall–Kier alpha value is -2.77. The minimum Gasteiger partial charge on any atom is -0.434 e. The Balaban J connectivity index is 1.55. The molecular formula is C26H31F2N3O2. The largest absolute Gasteiger partial charge is 0.434 e. The Kier molecular flexibility index (Phi) is 7.10. The predicted molar refractivity (Wildman–Crippen MR) is 124 cm³/mol. The molecule has 2 aromatic carbocycles. The number of aliphatic hydroxyl groups is 1. The maximum Gasteiger partial charge on any atom is 0.387 e. The van der Waals surface area contributed by atoms with Crippen LogP contribution in [0, 0.1) is 11.3 Å². The molecule has 2 heterocycles. The topological polar surface area (TPSA) is 50.5 Å². The summed E-state index contributed by atoms with van der Waals surface area (Å²) in [6.07, 6.45) is 5.67. The maximum atomic E-state index is 13.2. The summed E-state index contributed by atoms with van der Waals surface area (Å²) in [4.78, 5) is 6.73. The van der Waals surface area contributed by atoms with E-state index < -0.39 is 6.61 Å². The third-order valence-corrected chi connectivity index (χ3v) is 6.63. The van der Waals surface area contributed by atoms with Gasteiger partial charge in [0.25, 0.3) is 0 Å². The molecule has 7 heteroatoms. The fourth-order valence-electron chi connectivity index (χ4n) is 4.47. The molecule has 3 aromatic rings. The molecule has 1 N–H and O–H groups in total. The third-order valence-electron chi connectivity index (χ3n) is 6.63. The first-order valence-electron chi connectivity index (χ1n) is 11.4. The van der Waals surface area contributed by atoms with Gasteiger partial charge in [0.05, 0.1) is 12.0 Å². The number of imidazole rings is 1. The predicted octanol–water partition coefficient (Wildman–Crippen LogP) is 5.37. The molecular weight excluding hydrogens is 424 g/mol. The van der Waals surface area contributed by atoms with Crippen LogP contribution in [0.4, 0.5) is 8.78 Å². The highest BCUT2D eigenvalue weighted by Crippen LogP contribution is 2.35. The number of piperidine rings is 1. The highest BCUT2D eigenvalue weighted by Gasteiger charge is 2.33. The lowest BCUT2D eigenvalue weighted by Crippen LogP contribution is -2.42. The number of aromatic nitrogens is 2. The van der Waals surface area contributed by atoms with E-state index in [0.29, 0.717) is 18.2 Å². The number of nitrogens with zero attached hydrogens (tertiary/aromatic N) is 3. The van der Waals surface area contributed by atoms with Crippen LogP contribution in [-0.2, 0) is 6.54 Å². The number of benzene rings is 2. The quantitative estimate of drug-likeness (QED) is 0.496. The molecule has 0 unspecified atom stereocenters. The Bertz CT molecular complexity index is 1050. The Morgan fingerprint density at radius 1 is 1.18 bits per heavy atom. The van der Waals surface area contributed by atoms with Crippen LogP contribution in [0.15, 0.2) is 61.1 Å². The maximum absolute atomic E-state index is 13.2. The van der Waals surface area contributed by atoms with Crippen LogP contribution >= 0.6 is 0 Å². The number of aliphatic hydroxyl groups excluding tert-OH is 1. The summed E-state index contributed by atoms with van der Waals surface area (Å²) in [6.45, 7) is 3.64. The third kappa shape index (κ3) is 5.60. The van der Waals surface area contributed by atoms with E-state index in [1.807, 2.05) is 53.2 Å². The van der Waals surface area contributed by atoms with Gasteiger partial charge in [-0.1, -0.05) is 44.2 Å². The van der Waals surface area contributed by atoms with Crippen molar-refractivity contribution >= 4 is 0 Å². The van der Waals surface area contributed by atoms with Crippen LogP contribution < -0.4 is 4.74 Å². The number of para-hydroxylation sites is 1. The fourth-order valence-corrected chi connectivity index (χ4v) is 4.47. The molecule has 1 aliphatic rings. The van der Waals surface area contributed by atoms with Crippen molar-refractivity contribution in [2.75, 3.05) is 19.7 Å².